The number of rotatable bonds is 3. The Hall–Kier alpha value is -1.84. The molecule has 0 fully saturated rings. The van der Waals surface area contributed by atoms with E-state index in [1.165, 1.54) is 0 Å². The van der Waals surface area contributed by atoms with Gasteiger partial charge in [0.25, 0.3) is 0 Å². The number of Topliss-reactive ketones (excluding diaryl/α,β-unsaturated/α-hetero) is 1. The van der Waals surface area contributed by atoms with Crippen LogP contribution in [0.1, 0.15) is 23.7 Å². The molecule has 18 heavy (non-hydrogen) atoms. The number of likely N-dealkylation sites (N-methyl/N-ethyl adjacent to an activating group) is 1. The summed E-state index contributed by atoms with van der Waals surface area (Å²) in [6.07, 6.45) is 0.486. The lowest BCUT2D eigenvalue weighted by Crippen LogP contribution is -2.41. The predicted octanol–water partition coefficient (Wildman–Crippen LogP) is 1.56. The zero-order chi connectivity index (χ0) is 13.1. The van der Waals surface area contributed by atoms with Crippen LogP contribution in [-0.2, 0) is 4.79 Å². The quantitative estimate of drug-likeness (QED) is 0.812. The van der Waals surface area contributed by atoms with E-state index in [0.717, 1.165) is 11.3 Å². The second kappa shape index (κ2) is 5.21. The minimum absolute atomic E-state index is 0.0849. The number of fused-ring (bicyclic) bond motifs is 1. The third-order valence-electron chi connectivity index (χ3n) is 3.38. The normalized spacial score (nSPS) is 14.3. The maximum atomic E-state index is 11.9. The van der Waals surface area contributed by atoms with Crippen LogP contribution >= 0.6 is 0 Å². The van der Waals surface area contributed by atoms with Gasteiger partial charge in [-0.25, -0.2) is 0 Å². The number of nitrogens with zero attached hydrogens (tertiary/aromatic N) is 2. The van der Waals surface area contributed by atoms with E-state index in [0.29, 0.717) is 26.1 Å². The molecule has 0 spiro atoms. The van der Waals surface area contributed by atoms with Crippen molar-refractivity contribution < 1.29 is 9.59 Å². The van der Waals surface area contributed by atoms with Crippen molar-refractivity contribution in [2.45, 2.75) is 13.3 Å². The molecule has 0 atom stereocenters. The molecular weight excluding hydrogens is 228 g/mol. The molecule has 0 saturated heterocycles. The number of para-hydroxylation sites is 1. The Labute approximate surface area is 107 Å². The Balaban J connectivity index is 2.19. The van der Waals surface area contributed by atoms with E-state index in [1.54, 1.807) is 11.9 Å². The number of carbonyl (C=O) groups excluding carboxylic acids is 2. The molecule has 1 aliphatic rings. The fourth-order valence-corrected chi connectivity index (χ4v) is 2.10. The molecule has 0 aromatic heterocycles. The highest BCUT2D eigenvalue weighted by Gasteiger charge is 2.24. The van der Waals surface area contributed by atoms with Gasteiger partial charge in [0, 0.05) is 37.8 Å². The highest BCUT2D eigenvalue weighted by Crippen LogP contribution is 2.26. The molecule has 1 heterocycles. The van der Waals surface area contributed by atoms with E-state index < -0.39 is 0 Å². The molecule has 1 aromatic carbocycles. The summed E-state index contributed by atoms with van der Waals surface area (Å²) in [5.74, 6) is 0.250. The van der Waals surface area contributed by atoms with Gasteiger partial charge in [0.2, 0.25) is 5.91 Å². The summed E-state index contributed by atoms with van der Waals surface area (Å²) < 4.78 is 0. The molecule has 1 aliphatic heterocycles. The Kier molecular flexibility index (Phi) is 3.65. The second-order valence-electron chi connectivity index (χ2n) is 4.52. The summed E-state index contributed by atoms with van der Waals surface area (Å²) in [5.41, 5.74) is 1.61. The van der Waals surface area contributed by atoms with Crippen LogP contribution in [0.4, 0.5) is 5.69 Å². The van der Waals surface area contributed by atoms with Crippen LogP contribution in [-0.4, -0.2) is 43.3 Å². The van der Waals surface area contributed by atoms with Crippen LogP contribution < -0.4 is 4.90 Å². The summed E-state index contributed by atoms with van der Waals surface area (Å²) in [5, 5.41) is 0. The minimum atomic E-state index is 0.0849. The van der Waals surface area contributed by atoms with Gasteiger partial charge in [0.15, 0.2) is 5.78 Å². The average Bonchev–Trinajstić information content (AvgIpc) is 2.41. The first-order chi connectivity index (χ1) is 8.63. The van der Waals surface area contributed by atoms with Gasteiger partial charge >= 0.3 is 0 Å². The molecule has 0 saturated carbocycles. The number of ketones is 1. The van der Waals surface area contributed by atoms with Crippen molar-refractivity contribution in [3.05, 3.63) is 29.8 Å². The molecule has 2 rings (SSSR count). The van der Waals surface area contributed by atoms with Gasteiger partial charge in [0.1, 0.15) is 0 Å². The van der Waals surface area contributed by atoms with Crippen LogP contribution in [0.3, 0.4) is 0 Å². The summed E-state index contributed by atoms with van der Waals surface area (Å²) in [4.78, 5) is 27.4. The van der Waals surface area contributed by atoms with Crippen LogP contribution in [0.25, 0.3) is 0 Å². The molecule has 1 amide bonds. The minimum Gasteiger partial charge on any atom is -0.361 e. The van der Waals surface area contributed by atoms with E-state index in [1.807, 2.05) is 36.1 Å². The summed E-state index contributed by atoms with van der Waals surface area (Å²) >= 11 is 0. The lowest BCUT2D eigenvalue weighted by atomic mass is 10.0. The number of benzene rings is 1. The Morgan fingerprint density at radius 3 is 2.83 bits per heavy atom. The largest absolute Gasteiger partial charge is 0.361 e. The lowest BCUT2D eigenvalue weighted by molar-refractivity contribution is -0.128. The van der Waals surface area contributed by atoms with E-state index in [4.69, 9.17) is 0 Å². The number of hydrogen-bond acceptors (Lipinski definition) is 3. The number of carbonyl (C=O) groups is 2. The van der Waals surface area contributed by atoms with E-state index >= 15 is 0 Å². The van der Waals surface area contributed by atoms with Crippen molar-refractivity contribution in [2.75, 3.05) is 31.6 Å². The zero-order valence-corrected chi connectivity index (χ0v) is 10.8. The second-order valence-corrected chi connectivity index (χ2v) is 4.52. The first-order valence-corrected chi connectivity index (χ1v) is 6.24. The molecule has 0 radical (unpaired) electrons. The van der Waals surface area contributed by atoms with Crippen molar-refractivity contribution in [3.8, 4) is 0 Å². The van der Waals surface area contributed by atoms with E-state index in [-0.39, 0.29) is 11.7 Å². The van der Waals surface area contributed by atoms with Crippen molar-refractivity contribution in [2.24, 2.45) is 0 Å². The third-order valence-corrected chi connectivity index (χ3v) is 3.38. The molecular formula is C14H18N2O2. The van der Waals surface area contributed by atoms with Crippen LogP contribution in [0, 0.1) is 0 Å². The maximum Gasteiger partial charge on any atom is 0.241 e. The monoisotopic (exact) mass is 246 g/mol. The zero-order valence-electron chi connectivity index (χ0n) is 10.8. The Morgan fingerprint density at radius 2 is 2.11 bits per heavy atom. The summed E-state index contributed by atoms with van der Waals surface area (Å²) in [6.45, 7) is 3.62. The smallest absolute Gasteiger partial charge is 0.241 e. The molecule has 4 heteroatoms. The van der Waals surface area contributed by atoms with Crippen molar-refractivity contribution in [1.82, 2.24) is 4.90 Å². The highest BCUT2D eigenvalue weighted by molar-refractivity contribution is 6.03. The Bertz CT molecular complexity index is 471. The maximum absolute atomic E-state index is 11.9. The van der Waals surface area contributed by atoms with Crippen LogP contribution in [0.2, 0.25) is 0 Å². The molecule has 1 aromatic rings. The van der Waals surface area contributed by atoms with Crippen molar-refractivity contribution in [3.63, 3.8) is 0 Å². The number of anilines is 1. The SMILES string of the molecule is CCN(C)C(=O)CN1CCC(=O)c2ccccc21. The molecule has 96 valence electrons. The average molecular weight is 246 g/mol. The van der Waals surface area contributed by atoms with Crippen molar-refractivity contribution >= 4 is 17.4 Å². The number of hydrogen-bond donors (Lipinski definition) is 0. The Morgan fingerprint density at radius 1 is 1.39 bits per heavy atom. The van der Waals surface area contributed by atoms with Crippen LogP contribution in [0.5, 0.6) is 0 Å². The molecule has 0 unspecified atom stereocenters. The van der Waals surface area contributed by atoms with E-state index in [2.05, 4.69) is 0 Å². The summed E-state index contributed by atoms with van der Waals surface area (Å²) in [6, 6.07) is 7.50. The predicted molar refractivity (Wildman–Crippen MR) is 70.9 cm³/mol. The highest BCUT2D eigenvalue weighted by atomic mass is 16.2. The fourth-order valence-electron chi connectivity index (χ4n) is 2.10. The van der Waals surface area contributed by atoms with Crippen molar-refractivity contribution in [1.29, 1.82) is 0 Å². The first-order valence-electron chi connectivity index (χ1n) is 6.24. The van der Waals surface area contributed by atoms with Crippen LogP contribution in [0.15, 0.2) is 24.3 Å². The van der Waals surface area contributed by atoms with Gasteiger partial charge in [-0.05, 0) is 19.1 Å². The lowest BCUT2D eigenvalue weighted by Gasteiger charge is -2.31. The van der Waals surface area contributed by atoms with Gasteiger partial charge in [-0.1, -0.05) is 12.1 Å². The molecule has 4 nitrogen and oxygen atoms in total. The molecule has 0 bridgehead atoms. The first kappa shape index (κ1) is 12.6. The standard InChI is InChI=1S/C14H18N2O2/c1-3-15(2)14(18)10-16-9-8-13(17)11-6-4-5-7-12(11)16/h4-7H,3,8-10H2,1-2H3. The molecule has 0 N–H and O–H groups in total. The van der Waals surface area contributed by atoms with Gasteiger partial charge in [-0.15, -0.1) is 0 Å². The van der Waals surface area contributed by atoms with E-state index in [9.17, 15) is 9.59 Å². The third kappa shape index (κ3) is 2.37. The fraction of sp³-hybridized carbons (Fsp3) is 0.429. The van der Waals surface area contributed by atoms with Gasteiger partial charge in [-0.3, -0.25) is 9.59 Å². The summed E-state index contributed by atoms with van der Waals surface area (Å²) in [7, 11) is 1.79. The van der Waals surface area contributed by atoms with Gasteiger partial charge in [-0.2, -0.15) is 0 Å². The topological polar surface area (TPSA) is 40.6 Å². The molecule has 0 aliphatic carbocycles. The number of amides is 1. The van der Waals surface area contributed by atoms with Gasteiger partial charge < -0.3 is 9.80 Å². The van der Waals surface area contributed by atoms with Gasteiger partial charge in [0.05, 0.1) is 6.54 Å².